The van der Waals surface area contributed by atoms with Gasteiger partial charge in [0, 0.05) is 23.2 Å². The maximum atomic E-state index is 11.8. The lowest BCUT2D eigenvalue weighted by Gasteiger charge is -2.20. The zero-order valence-electron chi connectivity index (χ0n) is 15.9. The number of H-pyrrole nitrogens is 1. The van der Waals surface area contributed by atoms with E-state index in [4.69, 9.17) is 0 Å². The second-order valence-electron chi connectivity index (χ2n) is 7.62. The lowest BCUT2D eigenvalue weighted by Crippen LogP contribution is -2.09. The number of aromatic hydroxyl groups is 1. The number of rotatable bonds is 4. The summed E-state index contributed by atoms with van der Waals surface area (Å²) >= 11 is 0. The number of phenols is 1. The predicted octanol–water partition coefficient (Wildman–Crippen LogP) is 5.58. The van der Waals surface area contributed by atoms with Crippen molar-refractivity contribution in [1.82, 2.24) is 4.98 Å². The first-order chi connectivity index (χ1) is 13.1. The Labute approximate surface area is 159 Å². The average molecular weight is 362 g/mol. The van der Waals surface area contributed by atoms with Crippen LogP contribution in [0.1, 0.15) is 43.7 Å². The number of hydrogen-bond donors (Lipinski definition) is 3. The van der Waals surface area contributed by atoms with E-state index in [1.807, 2.05) is 31.2 Å². The van der Waals surface area contributed by atoms with E-state index >= 15 is 0 Å². The van der Waals surface area contributed by atoms with Gasteiger partial charge in [0.15, 0.2) is 0 Å². The van der Waals surface area contributed by atoms with Crippen LogP contribution in [-0.4, -0.2) is 16.0 Å². The van der Waals surface area contributed by atoms with Gasteiger partial charge in [-0.3, -0.25) is 4.79 Å². The van der Waals surface area contributed by atoms with Gasteiger partial charge >= 0.3 is 0 Å². The van der Waals surface area contributed by atoms with Crippen molar-refractivity contribution in [3.8, 4) is 5.75 Å². The van der Waals surface area contributed by atoms with Crippen molar-refractivity contribution in [1.29, 1.82) is 0 Å². The first-order valence-electron chi connectivity index (χ1n) is 9.73. The highest BCUT2D eigenvalue weighted by Gasteiger charge is 2.22. The Morgan fingerprint density at radius 2 is 2.11 bits per heavy atom. The molecule has 4 nitrogen and oxygen atoms in total. The average Bonchev–Trinajstić information content (AvgIpc) is 3.05. The molecule has 0 bridgehead atoms. The van der Waals surface area contributed by atoms with E-state index in [0.29, 0.717) is 11.6 Å². The summed E-state index contributed by atoms with van der Waals surface area (Å²) in [6, 6.07) is 8.05. The minimum Gasteiger partial charge on any atom is -0.505 e. The molecule has 3 N–H and O–H groups in total. The zero-order valence-corrected chi connectivity index (χ0v) is 15.9. The normalized spacial score (nSPS) is 16.9. The van der Waals surface area contributed by atoms with Crippen molar-refractivity contribution in [2.75, 3.05) is 5.32 Å². The van der Waals surface area contributed by atoms with Crippen LogP contribution in [0.15, 0.2) is 36.4 Å². The van der Waals surface area contributed by atoms with Crippen LogP contribution in [0.2, 0.25) is 0 Å². The molecule has 1 amide bonds. The number of carbonyl (C=O) groups excluding carboxylic acids is 1. The number of hydrogen-bond acceptors (Lipinski definition) is 2. The number of nitrogens with one attached hydrogen (secondary N) is 2. The Hall–Kier alpha value is -2.75. The fourth-order valence-electron chi connectivity index (χ4n) is 4.34. The van der Waals surface area contributed by atoms with Crippen molar-refractivity contribution >= 4 is 33.4 Å². The molecule has 1 aliphatic rings. The summed E-state index contributed by atoms with van der Waals surface area (Å²) in [5, 5.41) is 15.7. The standard InChI is InChI=1S/C23H26N2O2/c1-14-17(13-12-16-8-4-3-5-9-16)21-20(22(23(14)27)24-15(2)26)18-10-6-7-11-19(18)25-21/h3-4,6-7,10-11,16,25,27H,5,8-9,12-13H2,1-2H3,(H,24,26). The van der Waals surface area contributed by atoms with Crippen LogP contribution in [0.4, 0.5) is 5.69 Å². The van der Waals surface area contributed by atoms with Crippen LogP contribution in [0.25, 0.3) is 21.8 Å². The number of allylic oxidation sites excluding steroid dienone is 2. The van der Waals surface area contributed by atoms with Crippen molar-refractivity contribution in [2.24, 2.45) is 5.92 Å². The third kappa shape index (κ3) is 3.20. The topological polar surface area (TPSA) is 65.1 Å². The molecule has 27 heavy (non-hydrogen) atoms. The highest BCUT2D eigenvalue weighted by atomic mass is 16.3. The molecule has 1 unspecified atom stereocenters. The monoisotopic (exact) mass is 362 g/mol. The van der Waals surface area contributed by atoms with Gasteiger partial charge < -0.3 is 15.4 Å². The molecule has 0 aliphatic heterocycles. The van der Waals surface area contributed by atoms with Crippen LogP contribution in [0, 0.1) is 12.8 Å². The minimum absolute atomic E-state index is 0.181. The van der Waals surface area contributed by atoms with E-state index in [0.717, 1.165) is 58.6 Å². The third-order valence-electron chi connectivity index (χ3n) is 5.78. The lowest BCUT2D eigenvalue weighted by atomic mass is 9.87. The summed E-state index contributed by atoms with van der Waals surface area (Å²) in [7, 11) is 0. The fraction of sp³-hybridized carbons (Fsp3) is 0.348. The molecular formula is C23H26N2O2. The lowest BCUT2D eigenvalue weighted by molar-refractivity contribution is -0.114. The molecular weight excluding hydrogens is 336 g/mol. The Morgan fingerprint density at radius 3 is 2.85 bits per heavy atom. The number of amides is 1. The molecule has 3 aromatic rings. The summed E-state index contributed by atoms with van der Waals surface area (Å²) in [5.74, 6) is 0.699. The molecule has 0 radical (unpaired) electrons. The quantitative estimate of drug-likeness (QED) is 0.419. The molecule has 2 aromatic carbocycles. The van der Waals surface area contributed by atoms with Crippen molar-refractivity contribution < 1.29 is 9.90 Å². The summed E-state index contributed by atoms with van der Waals surface area (Å²) in [6.07, 6.45) is 10.1. The second-order valence-corrected chi connectivity index (χ2v) is 7.62. The molecule has 0 saturated heterocycles. The van der Waals surface area contributed by atoms with Crippen LogP contribution in [0.3, 0.4) is 0 Å². The van der Waals surface area contributed by atoms with Gasteiger partial charge in [-0.2, -0.15) is 0 Å². The van der Waals surface area contributed by atoms with E-state index in [2.05, 4.69) is 22.5 Å². The number of para-hydroxylation sites is 1. The van der Waals surface area contributed by atoms with E-state index in [1.54, 1.807) is 0 Å². The Balaban J connectivity index is 1.86. The number of benzene rings is 2. The maximum Gasteiger partial charge on any atom is 0.221 e. The SMILES string of the molecule is CC(=O)Nc1c(O)c(C)c(CCC2CC=CCC2)c2[nH]c3ccccc3c12. The predicted molar refractivity (Wildman–Crippen MR) is 111 cm³/mol. The van der Waals surface area contributed by atoms with E-state index in [9.17, 15) is 9.90 Å². The first-order valence-corrected chi connectivity index (χ1v) is 9.73. The molecule has 1 atom stereocenters. The van der Waals surface area contributed by atoms with E-state index in [1.165, 1.54) is 13.3 Å². The highest BCUT2D eigenvalue weighted by Crippen LogP contribution is 2.43. The summed E-state index contributed by atoms with van der Waals surface area (Å²) in [4.78, 5) is 15.3. The number of aromatic amines is 1. The zero-order chi connectivity index (χ0) is 19.0. The highest BCUT2D eigenvalue weighted by molar-refractivity contribution is 6.18. The fourth-order valence-corrected chi connectivity index (χ4v) is 4.34. The van der Waals surface area contributed by atoms with E-state index < -0.39 is 0 Å². The number of aryl methyl sites for hydroxylation is 1. The van der Waals surface area contributed by atoms with Gasteiger partial charge in [0.1, 0.15) is 5.75 Å². The Bertz CT molecular complexity index is 1050. The Kier molecular flexibility index (Phi) is 4.65. The second kappa shape index (κ2) is 7.10. The van der Waals surface area contributed by atoms with Crippen LogP contribution < -0.4 is 5.32 Å². The molecule has 1 aliphatic carbocycles. The molecule has 140 valence electrons. The smallest absolute Gasteiger partial charge is 0.221 e. The van der Waals surface area contributed by atoms with Crippen LogP contribution in [-0.2, 0) is 11.2 Å². The number of carbonyl (C=O) groups is 1. The van der Waals surface area contributed by atoms with Gasteiger partial charge in [-0.1, -0.05) is 30.4 Å². The summed E-state index contributed by atoms with van der Waals surface area (Å²) in [5.41, 5.74) is 4.57. The van der Waals surface area contributed by atoms with Crippen LogP contribution >= 0.6 is 0 Å². The van der Waals surface area contributed by atoms with Gasteiger partial charge in [0.05, 0.1) is 11.2 Å². The first kappa shape index (κ1) is 17.7. The van der Waals surface area contributed by atoms with E-state index in [-0.39, 0.29) is 11.7 Å². The molecule has 4 heteroatoms. The van der Waals surface area contributed by atoms with Gasteiger partial charge in [0.25, 0.3) is 0 Å². The van der Waals surface area contributed by atoms with Crippen LogP contribution in [0.5, 0.6) is 5.75 Å². The minimum atomic E-state index is -0.182. The number of aromatic nitrogens is 1. The van der Waals surface area contributed by atoms with Gasteiger partial charge in [-0.05, 0) is 62.1 Å². The third-order valence-corrected chi connectivity index (χ3v) is 5.78. The summed E-state index contributed by atoms with van der Waals surface area (Å²) in [6.45, 7) is 3.42. The van der Waals surface area contributed by atoms with Crippen molar-refractivity contribution in [2.45, 2.75) is 46.0 Å². The number of fused-ring (bicyclic) bond motifs is 3. The molecule has 4 rings (SSSR count). The Morgan fingerprint density at radius 1 is 1.30 bits per heavy atom. The molecule has 0 spiro atoms. The number of phenolic OH excluding ortho intramolecular Hbond substituents is 1. The van der Waals surface area contributed by atoms with Crippen molar-refractivity contribution in [3.63, 3.8) is 0 Å². The molecule has 1 heterocycles. The molecule has 0 saturated carbocycles. The van der Waals surface area contributed by atoms with Gasteiger partial charge in [-0.15, -0.1) is 0 Å². The molecule has 0 fully saturated rings. The largest absolute Gasteiger partial charge is 0.505 e. The molecule has 1 aromatic heterocycles. The maximum absolute atomic E-state index is 11.8. The summed E-state index contributed by atoms with van der Waals surface area (Å²) < 4.78 is 0. The van der Waals surface area contributed by atoms with Gasteiger partial charge in [-0.25, -0.2) is 0 Å². The number of anilines is 1. The van der Waals surface area contributed by atoms with Crippen molar-refractivity contribution in [3.05, 3.63) is 47.5 Å². The van der Waals surface area contributed by atoms with Gasteiger partial charge in [0.2, 0.25) is 5.91 Å².